The number of hydrogen-bond donors (Lipinski definition) is 2. The van der Waals surface area contributed by atoms with Crippen LogP contribution in [0.5, 0.6) is 5.75 Å². The molecule has 0 spiro atoms. The van der Waals surface area contributed by atoms with E-state index in [4.69, 9.17) is 5.73 Å². The molecule has 0 bridgehead atoms. The van der Waals surface area contributed by atoms with Gasteiger partial charge in [-0.15, -0.1) is 0 Å². The highest BCUT2D eigenvalue weighted by Crippen LogP contribution is 2.26. The molecule has 2 rings (SSSR count). The Labute approximate surface area is 71.8 Å². The van der Waals surface area contributed by atoms with E-state index in [0.717, 1.165) is 18.7 Å². The van der Waals surface area contributed by atoms with Crippen LogP contribution in [0.1, 0.15) is 24.2 Å². The SMILES string of the molecule is NCc1c(O)cc2n1CCCC2. The van der Waals surface area contributed by atoms with E-state index in [1.165, 1.54) is 18.5 Å². The van der Waals surface area contributed by atoms with Gasteiger partial charge >= 0.3 is 0 Å². The molecule has 0 saturated carbocycles. The van der Waals surface area contributed by atoms with Crippen molar-refractivity contribution >= 4 is 0 Å². The second-order valence-electron chi connectivity index (χ2n) is 3.28. The van der Waals surface area contributed by atoms with Crippen molar-refractivity contribution in [2.75, 3.05) is 0 Å². The largest absolute Gasteiger partial charge is 0.506 e. The van der Waals surface area contributed by atoms with Gasteiger partial charge < -0.3 is 15.4 Å². The molecule has 3 nitrogen and oxygen atoms in total. The van der Waals surface area contributed by atoms with Crippen LogP contribution in [0.3, 0.4) is 0 Å². The summed E-state index contributed by atoms with van der Waals surface area (Å²) in [7, 11) is 0. The normalized spacial score (nSPS) is 16.1. The molecule has 1 aromatic rings. The van der Waals surface area contributed by atoms with Gasteiger partial charge in [-0.25, -0.2) is 0 Å². The van der Waals surface area contributed by atoms with Gasteiger partial charge in [0.25, 0.3) is 0 Å². The van der Waals surface area contributed by atoms with E-state index in [1.807, 2.05) is 6.07 Å². The second kappa shape index (κ2) is 2.83. The summed E-state index contributed by atoms with van der Waals surface area (Å²) in [6, 6.07) is 1.85. The Hall–Kier alpha value is -0.960. The number of fused-ring (bicyclic) bond motifs is 1. The number of aryl methyl sites for hydroxylation is 1. The van der Waals surface area contributed by atoms with Gasteiger partial charge in [-0.3, -0.25) is 0 Å². The lowest BCUT2D eigenvalue weighted by Gasteiger charge is -2.16. The van der Waals surface area contributed by atoms with E-state index in [1.54, 1.807) is 0 Å². The summed E-state index contributed by atoms with van der Waals surface area (Å²) in [5.74, 6) is 0.370. The number of aromatic hydroxyl groups is 1. The fourth-order valence-corrected chi connectivity index (χ4v) is 1.91. The first-order chi connectivity index (χ1) is 5.83. The zero-order valence-corrected chi connectivity index (χ0v) is 7.08. The molecule has 3 N–H and O–H groups in total. The maximum atomic E-state index is 9.50. The fraction of sp³-hybridized carbons (Fsp3) is 0.556. The van der Waals surface area contributed by atoms with Gasteiger partial charge in [-0.2, -0.15) is 0 Å². The Morgan fingerprint density at radius 2 is 2.33 bits per heavy atom. The van der Waals surface area contributed by atoms with Crippen molar-refractivity contribution in [2.45, 2.75) is 32.4 Å². The van der Waals surface area contributed by atoms with Crippen molar-refractivity contribution in [3.05, 3.63) is 17.5 Å². The fourth-order valence-electron chi connectivity index (χ4n) is 1.91. The molecule has 66 valence electrons. The van der Waals surface area contributed by atoms with E-state index in [-0.39, 0.29) is 0 Å². The van der Waals surface area contributed by atoms with Crippen molar-refractivity contribution in [1.29, 1.82) is 0 Å². The van der Waals surface area contributed by atoms with Gasteiger partial charge in [0, 0.05) is 24.8 Å². The third kappa shape index (κ3) is 1.01. The van der Waals surface area contributed by atoms with Crippen LogP contribution in [0.25, 0.3) is 0 Å². The molecule has 0 saturated heterocycles. The summed E-state index contributed by atoms with van der Waals surface area (Å²) < 4.78 is 2.15. The first kappa shape index (κ1) is 7.68. The maximum absolute atomic E-state index is 9.50. The molecule has 0 aliphatic carbocycles. The molecule has 2 heterocycles. The summed E-state index contributed by atoms with van der Waals surface area (Å²) in [5.41, 5.74) is 7.67. The van der Waals surface area contributed by atoms with Crippen molar-refractivity contribution in [3.8, 4) is 5.75 Å². The molecular formula is C9H14N2O. The summed E-state index contributed by atoms with van der Waals surface area (Å²) in [6.07, 6.45) is 3.51. The number of nitrogens with two attached hydrogens (primary N) is 1. The van der Waals surface area contributed by atoms with Gasteiger partial charge in [0.15, 0.2) is 0 Å². The van der Waals surface area contributed by atoms with E-state index in [2.05, 4.69) is 4.57 Å². The van der Waals surface area contributed by atoms with E-state index < -0.39 is 0 Å². The molecule has 1 aliphatic rings. The standard InChI is InChI=1S/C9H14N2O/c10-6-8-9(12)5-7-3-1-2-4-11(7)8/h5,12H,1-4,6,10H2. The van der Waals surface area contributed by atoms with Gasteiger partial charge in [-0.05, 0) is 19.3 Å². The topological polar surface area (TPSA) is 51.2 Å². The highest BCUT2D eigenvalue weighted by atomic mass is 16.3. The first-order valence-corrected chi connectivity index (χ1v) is 4.43. The van der Waals surface area contributed by atoms with Crippen LogP contribution in [-0.2, 0) is 19.5 Å². The minimum atomic E-state index is 0.370. The summed E-state index contributed by atoms with van der Waals surface area (Å²) in [5, 5.41) is 9.50. The van der Waals surface area contributed by atoms with Gasteiger partial charge in [0.1, 0.15) is 5.75 Å². The third-order valence-electron chi connectivity index (χ3n) is 2.53. The minimum Gasteiger partial charge on any atom is -0.506 e. The minimum absolute atomic E-state index is 0.370. The van der Waals surface area contributed by atoms with E-state index in [0.29, 0.717) is 12.3 Å². The lowest BCUT2D eigenvalue weighted by Crippen LogP contribution is -2.14. The number of hydrogen-bond acceptors (Lipinski definition) is 2. The quantitative estimate of drug-likeness (QED) is 0.653. The lowest BCUT2D eigenvalue weighted by molar-refractivity contribution is 0.458. The summed E-state index contributed by atoms with van der Waals surface area (Å²) >= 11 is 0. The molecule has 3 heteroatoms. The molecule has 0 radical (unpaired) electrons. The van der Waals surface area contributed by atoms with Crippen LogP contribution in [0.15, 0.2) is 6.07 Å². The maximum Gasteiger partial charge on any atom is 0.138 e. The summed E-state index contributed by atoms with van der Waals surface area (Å²) in [6.45, 7) is 1.45. The van der Waals surface area contributed by atoms with Crippen molar-refractivity contribution in [3.63, 3.8) is 0 Å². The molecule has 0 fully saturated rings. The van der Waals surface area contributed by atoms with Gasteiger partial charge in [0.05, 0.1) is 5.69 Å². The number of rotatable bonds is 1. The van der Waals surface area contributed by atoms with Crippen molar-refractivity contribution in [1.82, 2.24) is 4.57 Å². The second-order valence-corrected chi connectivity index (χ2v) is 3.28. The van der Waals surface area contributed by atoms with Crippen LogP contribution >= 0.6 is 0 Å². The third-order valence-corrected chi connectivity index (χ3v) is 2.53. The molecular weight excluding hydrogens is 152 g/mol. The number of aromatic nitrogens is 1. The van der Waals surface area contributed by atoms with Crippen LogP contribution in [0.2, 0.25) is 0 Å². The average Bonchev–Trinajstić information content (AvgIpc) is 2.40. The Morgan fingerprint density at radius 3 is 3.08 bits per heavy atom. The average molecular weight is 166 g/mol. The van der Waals surface area contributed by atoms with Crippen molar-refractivity contribution in [2.24, 2.45) is 5.73 Å². The molecule has 0 aromatic carbocycles. The highest BCUT2D eigenvalue weighted by Gasteiger charge is 2.15. The predicted octanol–water partition coefficient (Wildman–Crippen LogP) is 0.989. The zero-order chi connectivity index (χ0) is 8.55. The molecule has 0 amide bonds. The Bertz CT molecular complexity index is 291. The Balaban J connectivity index is 2.46. The van der Waals surface area contributed by atoms with Crippen LogP contribution in [-0.4, -0.2) is 9.67 Å². The first-order valence-electron chi connectivity index (χ1n) is 4.43. The zero-order valence-electron chi connectivity index (χ0n) is 7.08. The Kier molecular flexibility index (Phi) is 1.81. The van der Waals surface area contributed by atoms with Gasteiger partial charge in [-0.1, -0.05) is 0 Å². The molecule has 1 aromatic heterocycles. The smallest absolute Gasteiger partial charge is 0.138 e. The van der Waals surface area contributed by atoms with Crippen molar-refractivity contribution < 1.29 is 5.11 Å². The van der Waals surface area contributed by atoms with Crippen LogP contribution in [0, 0.1) is 0 Å². The van der Waals surface area contributed by atoms with Crippen LogP contribution < -0.4 is 5.73 Å². The van der Waals surface area contributed by atoms with E-state index >= 15 is 0 Å². The molecule has 0 unspecified atom stereocenters. The van der Waals surface area contributed by atoms with Crippen LogP contribution in [0.4, 0.5) is 0 Å². The molecule has 12 heavy (non-hydrogen) atoms. The molecule has 0 atom stereocenters. The van der Waals surface area contributed by atoms with Gasteiger partial charge in [0.2, 0.25) is 0 Å². The monoisotopic (exact) mass is 166 g/mol. The lowest BCUT2D eigenvalue weighted by atomic mass is 10.1. The molecule has 1 aliphatic heterocycles. The highest BCUT2D eigenvalue weighted by molar-refractivity contribution is 5.33. The van der Waals surface area contributed by atoms with E-state index in [9.17, 15) is 5.11 Å². The Morgan fingerprint density at radius 1 is 1.50 bits per heavy atom. The summed E-state index contributed by atoms with van der Waals surface area (Å²) in [4.78, 5) is 0. The number of nitrogens with zero attached hydrogens (tertiary/aromatic N) is 1. The predicted molar refractivity (Wildman–Crippen MR) is 46.9 cm³/mol.